The van der Waals surface area contributed by atoms with E-state index in [-0.39, 0.29) is 18.0 Å². The average Bonchev–Trinajstić information content (AvgIpc) is 2.29. The highest BCUT2D eigenvalue weighted by Crippen LogP contribution is 1.96. The Kier molecular flexibility index (Phi) is 5.73. The second kappa shape index (κ2) is 6.83. The first kappa shape index (κ1) is 13.4. The van der Waals surface area contributed by atoms with Crippen LogP contribution in [0.5, 0.6) is 0 Å². The molecule has 1 heterocycles. The molecule has 1 amide bonds. The molecule has 0 bridgehead atoms. The van der Waals surface area contributed by atoms with Gasteiger partial charge in [-0.15, -0.1) is 0 Å². The molecular formula is C11H23N3O2. The highest BCUT2D eigenvalue weighted by atomic mass is 16.5. The summed E-state index contributed by atoms with van der Waals surface area (Å²) in [7, 11) is 1.65. The van der Waals surface area contributed by atoms with Crippen molar-refractivity contribution < 1.29 is 9.53 Å². The maximum Gasteiger partial charge on any atom is 0.238 e. The van der Waals surface area contributed by atoms with Crippen molar-refractivity contribution in [3.8, 4) is 0 Å². The fourth-order valence-corrected chi connectivity index (χ4v) is 1.73. The summed E-state index contributed by atoms with van der Waals surface area (Å²) in [5, 5.41) is 9.49. The lowest BCUT2D eigenvalue weighted by atomic mass is 10.1. The fourth-order valence-electron chi connectivity index (χ4n) is 1.73. The van der Waals surface area contributed by atoms with Gasteiger partial charge < -0.3 is 20.7 Å². The molecule has 1 fully saturated rings. The van der Waals surface area contributed by atoms with Crippen LogP contribution in [0.25, 0.3) is 0 Å². The molecule has 0 spiro atoms. The number of methoxy groups -OCH3 is 1. The molecule has 3 unspecified atom stereocenters. The van der Waals surface area contributed by atoms with Crippen LogP contribution in [0.2, 0.25) is 0 Å². The van der Waals surface area contributed by atoms with E-state index < -0.39 is 0 Å². The minimum Gasteiger partial charge on any atom is -0.383 e. The Balaban J connectivity index is 2.33. The largest absolute Gasteiger partial charge is 0.383 e. The van der Waals surface area contributed by atoms with Gasteiger partial charge in [0.25, 0.3) is 0 Å². The number of carbonyl (C=O) groups excluding carboxylic acids is 1. The second-order valence-electron chi connectivity index (χ2n) is 4.34. The number of amides is 1. The number of carbonyl (C=O) groups is 1. The predicted octanol–water partition coefficient (Wildman–Crippen LogP) is -0.522. The van der Waals surface area contributed by atoms with Crippen molar-refractivity contribution >= 4 is 5.91 Å². The molecule has 0 saturated carbocycles. The highest BCUT2D eigenvalue weighted by Gasteiger charge is 2.24. The molecule has 5 heteroatoms. The minimum absolute atomic E-state index is 0.0586. The smallest absolute Gasteiger partial charge is 0.238 e. The monoisotopic (exact) mass is 229 g/mol. The molecule has 1 saturated heterocycles. The molecule has 3 N–H and O–H groups in total. The molecule has 1 aliphatic heterocycles. The summed E-state index contributed by atoms with van der Waals surface area (Å²) in [6, 6.07) is 0.422. The molecule has 3 atom stereocenters. The lowest BCUT2D eigenvalue weighted by Gasteiger charge is -2.29. The number of hydrogen-bond acceptors (Lipinski definition) is 4. The molecule has 16 heavy (non-hydrogen) atoms. The van der Waals surface area contributed by atoms with Gasteiger partial charge in [-0.1, -0.05) is 6.92 Å². The SMILES string of the molecule is CCC(COC)NC(=O)C1CNC(C)CN1. The van der Waals surface area contributed by atoms with Crippen molar-refractivity contribution in [1.82, 2.24) is 16.0 Å². The van der Waals surface area contributed by atoms with Crippen molar-refractivity contribution in [2.45, 2.75) is 38.4 Å². The van der Waals surface area contributed by atoms with Crippen LogP contribution in [0.4, 0.5) is 0 Å². The van der Waals surface area contributed by atoms with Crippen molar-refractivity contribution in [2.75, 3.05) is 26.8 Å². The normalized spacial score (nSPS) is 27.4. The van der Waals surface area contributed by atoms with Crippen molar-refractivity contribution in [3.05, 3.63) is 0 Å². The third kappa shape index (κ3) is 4.08. The first-order valence-corrected chi connectivity index (χ1v) is 5.93. The molecule has 0 radical (unpaired) electrons. The van der Waals surface area contributed by atoms with Crippen molar-refractivity contribution in [2.24, 2.45) is 0 Å². The summed E-state index contributed by atoms with van der Waals surface area (Å²) in [5.74, 6) is 0.0586. The molecule has 1 rings (SSSR count). The topological polar surface area (TPSA) is 62.4 Å². The number of nitrogens with one attached hydrogen (secondary N) is 3. The molecule has 0 aliphatic carbocycles. The number of piperazine rings is 1. The summed E-state index contributed by atoms with van der Waals surface area (Å²) in [6.45, 7) is 6.23. The second-order valence-corrected chi connectivity index (χ2v) is 4.34. The van der Waals surface area contributed by atoms with Crippen molar-refractivity contribution in [1.29, 1.82) is 0 Å². The first-order chi connectivity index (χ1) is 7.67. The van der Waals surface area contributed by atoms with Crippen LogP contribution in [-0.2, 0) is 9.53 Å². The van der Waals surface area contributed by atoms with Crippen LogP contribution >= 0.6 is 0 Å². The summed E-state index contributed by atoms with van der Waals surface area (Å²) >= 11 is 0. The Hall–Kier alpha value is -0.650. The van der Waals surface area contributed by atoms with E-state index in [2.05, 4.69) is 22.9 Å². The Bertz CT molecular complexity index is 215. The lowest BCUT2D eigenvalue weighted by Crippen LogP contribution is -2.60. The molecular weight excluding hydrogens is 206 g/mol. The van der Waals surface area contributed by atoms with Crippen LogP contribution in [0.15, 0.2) is 0 Å². The van der Waals surface area contributed by atoms with Gasteiger partial charge in [-0.25, -0.2) is 0 Å². The molecule has 0 aromatic carbocycles. The van der Waals surface area contributed by atoms with Crippen LogP contribution < -0.4 is 16.0 Å². The third-order valence-electron chi connectivity index (χ3n) is 2.86. The van der Waals surface area contributed by atoms with E-state index in [4.69, 9.17) is 4.74 Å². The van der Waals surface area contributed by atoms with E-state index in [1.54, 1.807) is 7.11 Å². The van der Waals surface area contributed by atoms with E-state index in [0.717, 1.165) is 13.0 Å². The van der Waals surface area contributed by atoms with E-state index in [1.807, 2.05) is 6.92 Å². The van der Waals surface area contributed by atoms with Gasteiger partial charge in [0.1, 0.15) is 0 Å². The summed E-state index contributed by atoms with van der Waals surface area (Å²) in [6.07, 6.45) is 0.885. The number of hydrogen-bond donors (Lipinski definition) is 3. The van der Waals surface area contributed by atoms with Crippen LogP contribution in [0, 0.1) is 0 Å². The zero-order valence-corrected chi connectivity index (χ0v) is 10.4. The lowest BCUT2D eigenvalue weighted by molar-refractivity contribution is -0.124. The van der Waals surface area contributed by atoms with Gasteiger partial charge in [0, 0.05) is 26.2 Å². The zero-order valence-electron chi connectivity index (χ0n) is 10.4. The minimum atomic E-state index is -0.123. The van der Waals surface area contributed by atoms with Gasteiger partial charge in [0.15, 0.2) is 0 Å². The highest BCUT2D eigenvalue weighted by molar-refractivity contribution is 5.82. The van der Waals surface area contributed by atoms with Crippen molar-refractivity contribution in [3.63, 3.8) is 0 Å². The van der Waals surface area contributed by atoms with Gasteiger partial charge in [0.2, 0.25) is 5.91 Å². The maximum atomic E-state index is 11.9. The zero-order chi connectivity index (χ0) is 12.0. The molecule has 0 aromatic rings. The number of rotatable bonds is 5. The fraction of sp³-hybridized carbons (Fsp3) is 0.909. The third-order valence-corrected chi connectivity index (χ3v) is 2.86. The standard InChI is InChI=1S/C11H23N3O2/c1-4-9(7-16-3)14-11(15)10-6-12-8(2)5-13-10/h8-10,12-13H,4-7H2,1-3H3,(H,14,15). The summed E-state index contributed by atoms with van der Waals surface area (Å²) in [4.78, 5) is 11.9. The van der Waals surface area contributed by atoms with Gasteiger partial charge in [-0.3, -0.25) is 4.79 Å². The van der Waals surface area contributed by atoms with E-state index in [0.29, 0.717) is 19.2 Å². The quantitative estimate of drug-likeness (QED) is 0.593. The van der Waals surface area contributed by atoms with E-state index in [9.17, 15) is 4.79 Å². The van der Waals surface area contributed by atoms with Gasteiger partial charge in [0.05, 0.1) is 18.7 Å². The predicted molar refractivity (Wildman–Crippen MR) is 63.4 cm³/mol. The molecule has 0 aromatic heterocycles. The van der Waals surface area contributed by atoms with Crippen LogP contribution in [0.3, 0.4) is 0 Å². The molecule has 5 nitrogen and oxygen atoms in total. The Morgan fingerprint density at radius 3 is 2.75 bits per heavy atom. The molecule has 1 aliphatic rings. The maximum absolute atomic E-state index is 11.9. The molecule has 94 valence electrons. The van der Waals surface area contributed by atoms with Gasteiger partial charge in [-0.05, 0) is 13.3 Å². The van der Waals surface area contributed by atoms with Crippen LogP contribution in [0.1, 0.15) is 20.3 Å². The Morgan fingerprint density at radius 2 is 2.25 bits per heavy atom. The summed E-state index contributed by atoms with van der Waals surface area (Å²) < 4.78 is 5.05. The average molecular weight is 229 g/mol. The van der Waals surface area contributed by atoms with Gasteiger partial charge >= 0.3 is 0 Å². The summed E-state index contributed by atoms with van der Waals surface area (Å²) in [5.41, 5.74) is 0. The Morgan fingerprint density at radius 1 is 1.50 bits per heavy atom. The number of ether oxygens (including phenoxy) is 1. The van der Waals surface area contributed by atoms with E-state index >= 15 is 0 Å². The van der Waals surface area contributed by atoms with E-state index in [1.165, 1.54) is 0 Å². The first-order valence-electron chi connectivity index (χ1n) is 5.93. The Labute approximate surface area is 97.3 Å². The van der Waals surface area contributed by atoms with Gasteiger partial charge in [-0.2, -0.15) is 0 Å². The van der Waals surface area contributed by atoms with Crippen LogP contribution in [-0.4, -0.2) is 50.8 Å².